The summed E-state index contributed by atoms with van der Waals surface area (Å²) in [5.74, 6) is 0.130. The van der Waals surface area contributed by atoms with E-state index in [4.69, 9.17) is 0 Å². The summed E-state index contributed by atoms with van der Waals surface area (Å²) in [5.41, 5.74) is 1.87. The second-order valence-electron chi connectivity index (χ2n) is 5.81. The van der Waals surface area contributed by atoms with E-state index in [0.717, 1.165) is 17.0 Å². The molecular weight excluding hydrogens is 380 g/mol. The van der Waals surface area contributed by atoms with Crippen molar-refractivity contribution in [3.05, 3.63) is 42.2 Å². The van der Waals surface area contributed by atoms with Gasteiger partial charge in [-0.1, -0.05) is 0 Å². The molecular formula is C17H14N8O2S. The minimum Gasteiger partial charge on any atom is -0.505 e. The first-order valence-electron chi connectivity index (χ1n) is 8.12. The van der Waals surface area contributed by atoms with Crippen molar-refractivity contribution in [2.75, 3.05) is 0 Å². The van der Waals surface area contributed by atoms with Crippen molar-refractivity contribution in [1.82, 2.24) is 19.1 Å². The number of fused-ring (bicyclic) bond motifs is 1. The van der Waals surface area contributed by atoms with Gasteiger partial charge in [-0.2, -0.15) is 9.47 Å². The zero-order chi connectivity index (χ0) is 19.7. The molecule has 4 rings (SSSR count). The molecule has 10 nitrogen and oxygen atoms in total. The lowest BCUT2D eigenvalue weighted by Crippen LogP contribution is -1.87. The number of aromatic nitrogens is 4. The highest BCUT2D eigenvalue weighted by atomic mass is 32.1. The van der Waals surface area contributed by atoms with Crippen LogP contribution in [0.4, 0.5) is 22.2 Å². The highest BCUT2D eigenvalue weighted by Gasteiger charge is 2.15. The van der Waals surface area contributed by atoms with Crippen LogP contribution in [0.1, 0.15) is 5.56 Å². The van der Waals surface area contributed by atoms with Crippen LogP contribution < -0.4 is 0 Å². The third-order valence-corrected chi connectivity index (χ3v) is 4.73. The van der Waals surface area contributed by atoms with Gasteiger partial charge >= 0.3 is 0 Å². The van der Waals surface area contributed by atoms with Crippen LogP contribution in [0.3, 0.4) is 0 Å². The summed E-state index contributed by atoms with van der Waals surface area (Å²) in [7, 11) is 1.73. The van der Waals surface area contributed by atoms with Gasteiger partial charge < -0.3 is 10.2 Å². The summed E-state index contributed by atoms with van der Waals surface area (Å²) < 4.78 is 5.79. The molecule has 140 valence electrons. The minimum atomic E-state index is -0.192. The van der Waals surface area contributed by atoms with E-state index in [1.807, 2.05) is 6.07 Å². The van der Waals surface area contributed by atoms with Crippen molar-refractivity contribution >= 4 is 44.8 Å². The van der Waals surface area contributed by atoms with Crippen molar-refractivity contribution in [3.8, 4) is 11.5 Å². The van der Waals surface area contributed by atoms with Crippen LogP contribution in [-0.2, 0) is 7.05 Å². The SMILES string of the molecule is Cc1c(O)c(N=Nc2snc3cccnc23)cc(N=Nc2ccnn2C)c1O. The zero-order valence-corrected chi connectivity index (χ0v) is 15.7. The number of benzene rings is 1. The van der Waals surface area contributed by atoms with E-state index >= 15 is 0 Å². The van der Waals surface area contributed by atoms with Gasteiger partial charge in [-0.05, 0) is 30.6 Å². The molecule has 0 radical (unpaired) electrons. The minimum absolute atomic E-state index is 0.145. The Kier molecular flexibility index (Phi) is 4.49. The van der Waals surface area contributed by atoms with Crippen molar-refractivity contribution in [3.63, 3.8) is 0 Å². The van der Waals surface area contributed by atoms with Crippen LogP contribution in [0, 0.1) is 6.92 Å². The lowest BCUT2D eigenvalue weighted by atomic mass is 10.1. The first-order chi connectivity index (χ1) is 13.5. The number of phenolic OH excluding ortho intramolecular Hbond substituents is 2. The summed E-state index contributed by atoms with van der Waals surface area (Å²) >= 11 is 1.15. The summed E-state index contributed by atoms with van der Waals surface area (Å²) in [6.45, 7) is 1.55. The molecule has 0 aliphatic heterocycles. The molecule has 2 N–H and O–H groups in total. The molecule has 11 heteroatoms. The Hall–Kier alpha value is -3.73. The second-order valence-corrected chi connectivity index (χ2v) is 6.56. The quantitative estimate of drug-likeness (QED) is 0.471. The van der Waals surface area contributed by atoms with Gasteiger partial charge in [0, 0.05) is 30.9 Å². The number of pyridine rings is 1. The van der Waals surface area contributed by atoms with Gasteiger partial charge in [0.2, 0.25) is 0 Å². The van der Waals surface area contributed by atoms with Gasteiger partial charge in [0.25, 0.3) is 0 Å². The third-order valence-electron chi connectivity index (χ3n) is 3.99. The molecule has 1 aromatic carbocycles. The maximum absolute atomic E-state index is 10.3. The molecule has 28 heavy (non-hydrogen) atoms. The van der Waals surface area contributed by atoms with Crippen molar-refractivity contribution in [1.29, 1.82) is 0 Å². The first-order valence-corrected chi connectivity index (χ1v) is 8.89. The molecule has 0 fully saturated rings. The lowest BCUT2D eigenvalue weighted by Gasteiger charge is -2.07. The lowest BCUT2D eigenvalue weighted by molar-refractivity contribution is 0.444. The fourth-order valence-corrected chi connectivity index (χ4v) is 3.07. The molecule has 0 aliphatic rings. The van der Waals surface area contributed by atoms with Crippen LogP contribution in [-0.4, -0.2) is 29.4 Å². The largest absolute Gasteiger partial charge is 0.505 e. The van der Waals surface area contributed by atoms with E-state index in [9.17, 15) is 10.2 Å². The van der Waals surface area contributed by atoms with Crippen LogP contribution >= 0.6 is 11.5 Å². The predicted molar refractivity (Wildman–Crippen MR) is 103 cm³/mol. The number of hydrogen-bond acceptors (Lipinski definition) is 10. The summed E-state index contributed by atoms with van der Waals surface area (Å²) in [6, 6.07) is 6.70. The number of azo groups is 2. The normalized spacial score (nSPS) is 11.9. The zero-order valence-electron chi connectivity index (χ0n) is 14.8. The maximum atomic E-state index is 10.3. The van der Waals surface area contributed by atoms with E-state index in [1.54, 1.807) is 38.5 Å². The number of phenols is 2. The van der Waals surface area contributed by atoms with Crippen molar-refractivity contribution in [2.45, 2.75) is 6.92 Å². The molecule has 0 aliphatic carbocycles. The van der Waals surface area contributed by atoms with E-state index in [1.165, 1.54) is 10.7 Å². The average Bonchev–Trinajstić information content (AvgIpc) is 3.31. The van der Waals surface area contributed by atoms with Gasteiger partial charge in [-0.25, -0.2) is 4.68 Å². The Balaban J connectivity index is 1.72. The third kappa shape index (κ3) is 3.18. The molecule has 0 saturated carbocycles. The maximum Gasteiger partial charge on any atom is 0.184 e. The molecule has 0 bridgehead atoms. The van der Waals surface area contributed by atoms with Gasteiger partial charge in [0.15, 0.2) is 10.8 Å². The standard InChI is InChI=1S/C17H14N8O2S/c1-9-15(26)11(20-22-13-5-7-19-25(13)2)8-12(16(9)27)21-23-17-14-10(24-28-17)4-3-6-18-14/h3-8,26-27H,1-2H3. The second kappa shape index (κ2) is 7.12. The van der Waals surface area contributed by atoms with Gasteiger partial charge in [0.1, 0.15) is 33.9 Å². The average molecular weight is 394 g/mol. The van der Waals surface area contributed by atoms with Gasteiger partial charge in [-0.3, -0.25) is 4.98 Å². The van der Waals surface area contributed by atoms with Gasteiger partial charge in [-0.15, -0.1) is 20.5 Å². The Labute approximate surface area is 162 Å². The van der Waals surface area contributed by atoms with Crippen molar-refractivity contribution in [2.24, 2.45) is 27.5 Å². The Morgan fingerprint density at radius 1 is 1.00 bits per heavy atom. The highest BCUT2D eigenvalue weighted by molar-refractivity contribution is 7.11. The highest BCUT2D eigenvalue weighted by Crippen LogP contribution is 2.44. The predicted octanol–water partition coefficient (Wildman–Crippen LogP) is 4.98. The Morgan fingerprint density at radius 2 is 1.75 bits per heavy atom. The van der Waals surface area contributed by atoms with Crippen molar-refractivity contribution < 1.29 is 10.2 Å². The molecule has 4 aromatic rings. The topological polar surface area (TPSA) is 134 Å². The van der Waals surface area contributed by atoms with E-state index in [-0.39, 0.29) is 28.4 Å². The smallest absolute Gasteiger partial charge is 0.184 e. The van der Waals surface area contributed by atoms with E-state index in [2.05, 4.69) is 34.9 Å². The fourth-order valence-electron chi connectivity index (χ4n) is 2.42. The molecule has 0 saturated heterocycles. The summed E-state index contributed by atoms with van der Waals surface area (Å²) in [5, 5.41) is 41.4. The monoisotopic (exact) mass is 394 g/mol. The van der Waals surface area contributed by atoms with Crippen LogP contribution in [0.5, 0.6) is 11.5 Å². The van der Waals surface area contributed by atoms with E-state index < -0.39 is 0 Å². The number of hydrogen-bond donors (Lipinski definition) is 2. The first kappa shape index (κ1) is 17.7. The van der Waals surface area contributed by atoms with Gasteiger partial charge in [0.05, 0.1) is 6.20 Å². The summed E-state index contributed by atoms with van der Waals surface area (Å²) in [6.07, 6.45) is 3.23. The Morgan fingerprint density at radius 3 is 2.46 bits per heavy atom. The van der Waals surface area contributed by atoms with Crippen LogP contribution in [0.15, 0.2) is 57.1 Å². The molecule has 0 unspecified atom stereocenters. The van der Waals surface area contributed by atoms with Crippen LogP contribution in [0.25, 0.3) is 11.0 Å². The molecule has 3 heterocycles. The number of aromatic hydroxyl groups is 2. The number of nitrogens with zero attached hydrogens (tertiary/aromatic N) is 8. The number of rotatable bonds is 4. The fraction of sp³-hybridized carbons (Fsp3) is 0.118. The Bertz CT molecular complexity index is 1230. The number of aryl methyl sites for hydroxylation is 1. The molecule has 0 amide bonds. The van der Waals surface area contributed by atoms with Crippen LogP contribution in [0.2, 0.25) is 0 Å². The summed E-state index contributed by atoms with van der Waals surface area (Å²) in [4.78, 5) is 4.24. The molecule has 3 aromatic heterocycles. The molecule has 0 atom stereocenters. The molecule has 0 spiro atoms. The van der Waals surface area contributed by atoms with E-state index in [0.29, 0.717) is 16.3 Å².